The molecule has 2 aromatic heterocycles. The summed E-state index contributed by atoms with van der Waals surface area (Å²) in [6, 6.07) is 13.9. The topological polar surface area (TPSA) is 55.4 Å². The van der Waals surface area contributed by atoms with Crippen LogP contribution in [-0.4, -0.2) is 24.7 Å². The molecule has 5 rings (SSSR count). The van der Waals surface area contributed by atoms with Crippen molar-refractivity contribution >= 4 is 57.2 Å². The van der Waals surface area contributed by atoms with Gasteiger partial charge in [0, 0.05) is 17.5 Å². The zero-order valence-corrected chi connectivity index (χ0v) is 23.4. The summed E-state index contributed by atoms with van der Waals surface area (Å²) in [5, 5.41) is 3.65. The fourth-order valence-corrected chi connectivity index (χ4v) is 7.41. The molecule has 2 aromatic carbocycles. The number of carbonyl (C=O) groups is 1. The maximum atomic E-state index is 13.8. The van der Waals surface area contributed by atoms with E-state index < -0.39 is 12.0 Å². The van der Waals surface area contributed by atoms with E-state index in [4.69, 9.17) is 4.74 Å². The first-order chi connectivity index (χ1) is 17.4. The first-order valence-corrected chi connectivity index (χ1v) is 13.7. The van der Waals surface area contributed by atoms with Gasteiger partial charge in [-0.25, -0.2) is 9.18 Å². The minimum atomic E-state index is -0.807. The number of esters is 1. The Kier molecular flexibility index (Phi) is 8.23. The highest BCUT2D eigenvalue weighted by Gasteiger charge is 2.27. The van der Waals surface area contributed by atoms with Crippen LogP contribution < -0.4 is 36.6 Å². The second-order valence-corrected chi connectivity index (χ2v) is 11.2. The summed E-state index contributed by atoms with van der Waals surface area (Å²) in [5.74, 6) is -0.823. The minimum absolute atomic E-state index is 0. The number of benzene rings is 2. The molecule has 0 unspecified atom stereocenters. The number of carbonyl (C=O) groups excluding carboxylic acids is 1. The molecule has 0 radical (unpaired) electrons. The van der Waals surface area contributed by atoms with Gasteiger partial charge in [-0.2, -0.15) is 4.57 Å². The zero-order chi connectivity index (χ0) is 25.4. The molecule has 0 saturated carbocycles. The molecule has 0 saturated heterocycles. The summed E-state index contributed by atoms with van der Waals surface area (Å²) >= 11 is 4.23. The Morgan fingerprint density at radius 1 is 1.22 bits per heavy atom. The highest BCUT2D eigenvalue weighted by atomic mass is 35.5. The number of rotatable bonds is 5. The lowest BCUT2D eigenvalue weighted by Gasteiger charge is -2.12. The minimum Gasteiger partial charge on any atom is -1.00 e. The average molecular weight is 576 g/mol. The number of thiazole rings is 2. The van der Waals surface area contributed by atoms with Crippen molar-refractivity contribution in [1.82, 2.24) is 4.57 Å². The van der Waals surface area contributed by atoms with E-state index in [0.717, 1.165) is 21.2 Å². The normalized spacial score (nSPS) is 15.4. The molecule has 1 aliphatic heterocycles. The van der Waals surface area contributed by atoms with Crippen LogP contribution in [-0.2, 0) is 16.1 Å². The van der Waals surface area contributed by atoms with E-state index in [1.807, 2.05) is 47.8 Å². The van der Waals surface area contributed by atoms with Gasteiger partial charge >= 0.3 is 5.97 Å². The van der Waals surface area contributed by atoms with Crippen molar-refractivity contribution in [3.63, 3.8) is 0 Å². The lowest BCUT2D eigenvalue weighted by molar-refractivity contribution is -0.685. The number of hydrogen-bond acceptors (Lipinski definition) is 7. The fraction of sp³-hybridized carbons (Fsp3) is 0.192. The maximum Gasteiger partial charge on any atom is 0.328 e. The number of aromatic nitrogens is 2. The van der Waals surface area contributed by atoms with E-state index >= 15 is 0 Å². The summed E-state index contributed by atoms with van der Waals surface area (Å²) < 4.78 is 23.5. The van der Waals surface area contributed by atoms with Gasteiger partial charge in [0.25, 0.3) is 10.6 Å². The number of hydrogen-bond donors (Lipinski definition) is 0. The van der Waals surface area contributed by atoms with Crippen LogP contribution >= 0.6 is 34.4 Å². The SMILES string of the molecule is COC(=O)[C@@H](C)n1c(=O)/c(=C2\Sc3cc(F)ccc3N2C)s/c1=C\c1scc[n+]1Cc1ccccc1.[Cl-]. The highest BCUT2D eigenvalue weighted by molar-refractivity contribution is 8.08. The Labute approximate surface area is 231 Å². The van der Waals surface area contributed by atoms with Crippen LogP contribution in [0.1, 0.15) is 23.5 Å². The van der Waals surface area contributed by atoms with Crippen LogP contribution in [0.4, 0.5) is 10.1 Å². The predicted octanol–water partition coefficient (Wildman–Crippen LogP) is 0.321. The molecular weight excluding hydrogens is 553 g/mol. The summed E-state index contributed by atoms with van der Waals surface area (Å²) in [7, 11) is 3.17. The Morgan fingerprint density at radius 2 is 1.97 bits per heavy atom. The number of anilines is 1. The number of fused-ring (bicyclic) bond motifs is 1. The van der Waals surface area contributed by atoms with Gasteiger partial charge in [0.1, 0.15) is 26.1 Å². The lowest BCUT2D eigenvalue weighted by Crippen LogP contribution is -3.00. The van der Waals surface area contributed by atoms with Crippen LogP contribution in [0.3, 0.4) is 0 Å². The van der Waals surface area contributed by atoms with Crippen molar-refractivity contribution in [2.24, 2.45) is 0 Å². The molecule has 0 bridgehead atoms. The van der Waals surface area contributed by atoms with Crippen molar-refractivity contribution in [3.05, 3.63) is 96.0 Å². The van der Waals surface area contributed by atoms with Crippen molar-refractivity contribution in [2.75, 3.05) is 19.1 Å². The van der Waals surface area contributed by atoms with Crippen LogP contribution in [0.15, 0.2) is 69.8 Å². The predicted molar refractivity (Wildman–Crippen MR) is 142 cm³/mol. The van der Waals surface area contributed by atoms with E-state index in [2.05, 4.69) is 16.7 Å². The van der Waals surface area contributed by atoms with Crippen LogP contribution in [0, 0.1) is 5.82 Å². The molecule has 1 atom stereocenters. The third-order valence-corrected chi connectivity index (χ3v) is 9.23. The first-order valence-electron chi connectivity index (χ1n) is 11.1. The summed E-state index contributed by atoms with van der Waals surface area (Å²) in [5.41, 5.74) is 1.71. The van der Waals surface area contributed by atoms with Gasteiger partial charge in [0.2, 0.25) is 0 Å². The quantitative estimate of drug-likeness (QED) is 0.254. The second kappa shape index (κ2) is 11.2. The van der Waals surface area contributed by atoms with E-state index in [9.17, 15) is 14.0 Å². The van der Waals surface area contributed by atoms with Crippen molar-refractivity contribution in [1.29, 1.82) is 0 Å². The third-order valence-electron chi connectivity index (χ3n) is 5.93. The van der Waals surface area contributed by atoms with Gasteiger partial charge in [0.05, 0.1) is 24.3 Å². The van der Waals surface area contributed by atoms with Crippen molar-refractivity contribution in [2.45, 2.75) is 24.4 Å². The number of thioether (sulfide) groups is 1. The molecule has 0 N–H and O–H groups in total. The maximum absolute atomic E-state index is 13.8. The summed E-state index contributed by atoms with van der Waals surface area (Å²) in [6.07, 6.45) is 3.94. The van der Waals surface area contributed by atoms with Gasteiger partial charge in [-0.05, 0) is 25.1 Å². The van der Waals surface area contributed by atoms with Gasteiger partial charge in [-0.3, -0.25) is 9.36 Å². The molecule has 0 spiro atoms. The second-order valence-electron chi connectivity index (χ2n) is 8.22. The van der Waals surface area contributed by atoms with Gasteiger partial charge < -0.3 is 22.0 Å². The Bertz CT molecular complexity index is 1630. The van der Waals surface area contributed by atoms with Crippen LogP contribution in [0.25, 0.3) is 11.1 Å². The molecule has 4 aromatic rings. The molecule has 1 aliphatic rings. The van der Waals surface area contributed by atoms with Crippen molar-refractivity contribution in [3.8, 4) is 0 Å². The van der Waals surface area contributed by atoms with E-state index in [0.29, 0.717) is 20.8 Å². The Hall–Kier alpha value is -2.92. The molecule has 6 nitrogen and oxygen atoms in total. The number of nitrogens with zero attached hydrogens (tertiary/aromatic N) is 3. The number of methoxy groups -OCH3 is 1. The van der Waals surface area contributed by atoms with E-state index in [-0.39, 0.29) is 23.8 Å². The van der Waals surface area contributed by atoms with Gasteiger partial charge in [-0.1, -0.05) is 53.4 Å². The van der Waals surface area contributed by atoms with Crippen molar-refractivity contribution < 1.29 is 30.9 Å². The first kappa shape index (κ1) is 27.1. The smallest absolute Gasteiger partial charge is 0.328 e. The Balaban J connectivity index is 0.00000320. The highest BCUT2D eigenvalue weighted by Crippen LogP contribution is 2.45. The molecular formula is C26H23ClFN3O3S3. The Morgan fingerprint density at radius 3 is 2.70 bits per heavy atom. The molecule has 0 fully saturated rings. The summed E-state index contributed by atoms with van der Waals surface area (Å²) in [4.78, 5) is 28.8. The van der Waals surface area contributed by atoms with Crippen LogP contribution in [0.2, 0.25) is 0 Å². The molecule has 0 aliphatic carbocycles. The monoisotopic (exact) mass is 575 g/mol. The molecule has 37 heavy (non-hydrogen) atoms. The van der Waals surface area contributed by atoms with Gasteiger partial charge in [0.15, 0.2) is 12.7 Å². The molecule has 3 heterocycles. The van der Waals surface area contributed by atoms with E-state index in [1.165, 1.54) is 46.9 Å². The molecule has 0 amide bonds. The summed E-state index contributed by atoms with van der Waals surface area (Å²) in [6.45, 7) is 2.34. The van der Waals surface area contributed by atoms with Gasteiger partial charge in [-0.15, -0.1) is 11.3 Å². The standard InChI is InChI=1S/C26H23FN3O3S3.ClH/c1-16(26(32)33-3)30-22(14-21-29(11-12-34-21)15-17-7-5-4-6-8-17)36-23(24(30)31)25-28(2)19-10-9-18(27)13-20(19)35-25;/h4-14,16H,15H2,1-3H3;1H/q+1;/p-1/b25-23+;/t16-;/m1./s1. The number of halogens is 2. The largest absolute Gasteiger partial charge is 1.00 e. The third kappa shape index (κ3) is 5.24. The number of ether oxygens (including phenoxy) is 1. The average Bonchev–Trinajstić information content (AvgIpc) is 3.54. The molecule has 192 valence electrons. The zero-order valence-electron chi connectivity index (χ0n) is 20.2. The van der Waals surface area contributed by atoms with Crippen LogP contribution in [0.5, 0.6) is 0 Å². The lowest BCUT2D eigenvalue weighted by atomic mass is 10.2. The fourth-order valence-electron chi connectivity index (χ4n) is 4.06. The molecule has 11 heteroatoms. The van der Waals surface area contributed by atoms with E-state index in [1.54, 1.807) is 24.3 Å².